The van der Waals surface area contributed by atoms with Gasteiger partial charge < -0.3 is 15.5 Å². The highest BCUT2D eigenvalue weighted by Gasteiger charge is 2.28. The largest absolute Gasteiger partial charge is 0.351 e. The zero-order valence-corrected chi connectivity index (χ0v) is 17.3. The topological polar surface area (TPSA) is 87.2 Å². The quantitative estimate of drug-likeness (QED) is 0.784. The first kappa shape index (κ1) is 20.8. The Hall–Kier alpha value is -2.96. The monoisotopic (exact) mass is 395 g/mol. The second-order valence-electron chi connectivity index (χ2n) is 7.88. The van der Waals surface area contributed by atoms with Gasteiger partial charge in [0.25, 0.3) is 5.91 Å². The second-order valence-corrected chi connectivity index (χ2v) is 7.88. The number of aryl methyl sites for hydroxylation is 1. The number of rotatable bonds is 6. The van der Waals surface area contributed by atoms with Gasteiger partial charge in [-0.05, 0) is 43.9 Å². The molecule has 3 rings (SSSR count). The molecule has 1 aliphatic rings. The average molecular weight is 396 g/mol. The van der Waals surface area contributed by atoms with Crippen molar-refractivity contribution in [3.63, 3.8) is 0 Å². The molecule has 1 atom stereocenters. The molecule has 1 aliphatic heterocycles. The number of piperidine rings is 1. The molecule has 0 saturated carbocycles. The highest BCUT2D eigenvalue weighted by molar-refractivity contribution is 5.97. The summed E-state index contributed by atoms with van der Waals surface area (Å²) in [5.74, 6) is 0.360. The van der Waals surface area contributed by atoms with E-state index in [0.717, 1.165) is 37.4 Å². The first-order chi connectivity index (χ1) is 13.9. The molecule has 0 radical (unpaired) electrons. The van der Waals surface area contributed by atoms with Gasteiger partial charge in [-0.3, -0.25) is 9.59 Å². The summed E-state index contributed by atoms with van der Waals surface area (Å²) in [4.78, 5) is 36.2. The number of nitrogens with one attached hydrogen (secondary N) is 2. The van der Waals surface area contributed by atoms with Crippen LogP contribution in [-0.4, -0.2) is 47.0 Å². The molecule has 1 fully saturated rings. The van der Waals surface area contributed by atoms with Crippen LogP contribution in [0.1, 0.15) is 42.6 Å². The Morgan fingerprint density at radius 2 is 1.79 bits per heavy atom. The van der Waals surface area contributed by atoms with Gasteiger partial charge in [-0.1, -0.05) is 31.5 Å². The summed E-state index contributed by atoms with van der Waals surface area (Å²) in [5.41, 5.74) is 1.58. The zero-order valence-electron chi connectivity index (χ0n) is 17.3. The number of amides is 2. The van der Waals surface area contributed by atoms with Gasteiger partial charge in [0.1, 0.15) is 6.04 Å². The van der Waals surface area contributed by atoms with E-state index in [1.165, 1.54) is 0 Å². The number of carbonyl (C=O) groups is 2. The van der Waals surface area contributed by atoms with Crippen molar-refractivity contribution >= 4 is 17.8 Å². The van der Waals surface area contributed by atoms with Crippen LogP contribution in [0.5, 0.6) is 0 Å². The smallest absolute Gasteiger partial charge is 0.251 e. The van der Waals surface area contributed by atoms with Crippen LogP contribution >= 0.6 is 0 Å². The summed E-state index contributed by atoms with van der Waals surface area (Å²) in [6, 6.07) is 8.69. The van der Waals surface area contributed by atoms with Gasteiger partial charge in [-0.25, -0.2) is 9.97 Å². The van der Waals surface area contributed by atoms with Crippen LogP contribution in [0.3, 0.4) is 0 Å². The first-order valence-electron chi connectivity index (χ1n) is 10.1. The molecule has 1 aromatic carbocycles. The Morgan fingerprint density at radius 1 is 1.10 bits per heavy atom. The molecule has 0 bridgehead atoms. The number of hydrogen-bond donors (Lipinski definition) is 2. The number of aromatic nitrogens is 2. The van der Waals surface area contributed by atoms with E-state index in [9.17, 15) is 9.59 Å². The van der Waals surface area contributed by atoms with Crippen LogP contribution in [0.4, 0.5) is 5.95 Å². The Morgan fingerprint density at radius 3 is 2.41 bits per heavy atom. The zero-order chi connectivity index (χ0) is 20.8. The summed E-state index contributed by atoms with van der Waals surface area (Å²) in [7, 11) is 0. The van der Waals surface area contributed by atoms with Gasteiger partial charge in [0, 0.05) is 37.1 Å². The number of carbonyl (C=O) groups excluding carboxylic acids is 2. The molecule has 1 unspecified atom stereocenters. The third kappa shape index (κ3) is 5.53. The highest BCUT2D eigenvalue weighted by Crippen LogP contribution is 2.16. The van der Waals surface area contributed by atoms with E-state index >= 15 is 0 Å². The molecule has 1 aromatic heterocycles. The predicted octanol–water partition coefficient (Wildman–Crippen LogP) is 2.32. The number of hydrogen-bond acceptors (Lipinski definition) is 5. The van der Waals surface area contributed by atoms with Crippen molar-refractivity contribution in [1.82, 2.24) is 20.6 Å². The number of benzene rings is 1. The molecular formula is C22H29N5O2. The third-order valence-electron chi connectivity index (χ3n) is 5.19. The van der Waals surface area contributed by atoms with Gasteiger partial charge in [0.05, 0.1) is 0 Å². The molecule has 7 nitrogen and oxygen atoms in total. The van der Waals surface area contributed by atoms with E-state index in [0.29, 0.717) is 5.56 Å². The Balaban J connectivity index is 1.55. The number of nitrogens with zero attached hydrogens (tertiary/aromatic N) is 3. The lowest BCUT2D eigenvalue weighted by molar-refractivity contribution is -0.124. The van der Waals surface area contributed by atoms with Crippen LogP contribution in [-0.2, 0) is 4.79 Å². The maximum Gasteiger partial charge on any atom is 0.251 e. The normalized spacial score (nSPS) is 15.8. The second kappa shape index (κ2) is 9.49. The van der Waals surface area contributed by atoms with Crippen LogP contribution < -0.4 is 15.5 Å². The molecule has 2 aromatic rings. The lowest BCUT2D eigenvalue weighted by Crippen LogP contribution is -2.54. The van der Waals surface area contributed by atoms with Gasteiger partial charge in [0.2, 0.25) is 11.9 Å². The molecule has 2 amide bonds. The standard InChI is InChI=1S/C22H29N5O2/c1-15(2)19(26-20(28)17-7-4-6-16(3)14-17)21(29)25-18-8-12-27(13-9-18)22-23-10-5-11-24-22/h4-7,10-11,14-15,18-19H,8-9,12-13H2,1-3H3,(H,25,29)(H,26,28). The van der Waals surface area contributed by atoms with E-state index in [-0.39, 0.29) is 23.8 Å². The van der Waals surface area contributed by atoms with Crippen LogP contribution in [0.15, 0.2) is 42.7 Å². The summed E-state index contributed by atoms with van der Waals surface area (Å²) in [6.07, 6.45) is 5.11. The Bertz CT molecular complexity index is 832. The lowest BCUT2D eigenvalue weighted by atomic mass is 10.00. The van der Waals surface area contributed by atoms with Crippen LogP contribution in [0.2, 0.25) is 0 Å². The summed E-state index contributed by atoms with van der Waals surface area (Å²) in [5, 5.41) is 6.02. The maximum absolute atomic E-state index is 12.9. The molecule has 0 aliphatic carbocycles. The van der Waals surface area contributed by atoms with Crippen molar-refractivity contribution in [2.24, 2.45) is 5.92 Å². The molecule has 2 heterocycles. The van der Waals surface area contributed by atoms with Crippen molar-refractivity contribution < 1.29 is 9.59 Å². The predicted molar refractivity (Wildman–Crippen MR) is 113 cm³/mol. The Kier molecular flexibility index (Phi) is 6.80. The van der Waals surface area contributed by atoms with E-state index in [2.05, 4.69) is 25.5 Å². The molecule has 2 N–H and O–H groups in total. The summed E-state index contributed by atoms with van der Waals surface area (Å²) >= 11 is 0. The SMILES string of the molecule is Cc1cccc(C(=O)NC(C(=O)NC2CCN(c3ncccn3)CC2)C(C)C)c1. The van der Waals surface area contributed by atoms with Gasteiger partial charge in [0.15, 0.2) is 0 Å². The van der Waals surface area contributed by atoms with Crippen LogP contribution in [0, 0.1) is 12.8 Å². The van der Waals surface area contributed by atoms with Gasteiger partial charge >= 0.3 is 0 Å². The molecule has 7 heteroatoms. The Labute approximate surface area is 171 Å². The lowest BCUT2D eigenvalue weighted by Gasteiger charge is -2.33. The number of anilines is 1. The summed E-state index contributed by atoms with van der Waals surface area (Å²) < 4.78 is 0. The molecule has 29 heavy (non-hydrogen) atoms. The van der Waals surface area contributed by atoms with Gasteiger partial charge in [-0.15, -0.1) is 0 Å². The van der Waals surface area contributed by atoms with E-state index in [4.69, 9.17) is 0 Å². The van der Waals surface area contributed by atoms with E-state index in [1.807, 2.05) is 39.0 Å². The maximum atomic E-state index is 12.9. The summed E-state index contributed by atoms with van der Waals surface area (Å²) in [6.45, 7) is 7.40. The van der Waals surface area contributed by atoms with Crippen LogP contribution in [0.25, 0.3) is 0 Å². The van der Waals surface area contributed by atoms with Crippen molar-refractivity contribution in [1.29, 1.82) is 0 Å². The fourth-order valence-corrected chi connectivity index (χ4v) is 3.52. The van der Waals surface area contributed by atoms with Gasteiger partial charge in [-0.2, -0.15) is 0 Å². The van der Waals surface area contributed by atoms with Crippen molar-refractivity contribution in [3.05, 3.63) is 53.9 Å². The van der Waals surface area contributed by atoms with Crippen molar-refractivity contribution in [2.45, 2.75) is 45.7 Å². The molecule has 154 valence electrons. The highest BCUT2D eigenvalue weighted by atomic mass is 16.2. The third-order valence-corrected chi connectivity index (χ3v) is 5.19. The van der Waals surface area contributed by atoms with E-state index in [1.54, 1.807) is 24.5 Å². The minimum atomic E-state index is -0.571. The molecular weight excluding hydrogens is 366 g/mol. The minimum absolute atomic E-state index is 0.0124. The fourth-order valence-electron chi connectivity index (χ4n) is 3.52. The fraction of sp³-hybridized carbons (Fsp3) is 0.455. The van der Waals surface area contributed by atoms with E-state index < -0.39 is 6.04 Å². The average Bonchev–Trinajstić information content (AvgIpc) is 2.72. The minimum Gasteiger partial charge on any atom is -0.351 e. The first-order valence-corrected chi connectivity index (χ1v) is 10.1. The van der Waals surface area contributed by atoms with Crippen molar-refractivity contribution in [3.8, 4) is 0 Å². The molecule has 1 saturated heterocycles. The molecule has 0 spiro atoms. The van der Waals surface area contributed by atoms with Crippen molar-refractivity contribution in [2.75, 3.05) is 18.0 Å².